The molecule has 2 N–H and O–H groups in total. The lowest BCUT2D eigenvalue weighted by molar-refractivity contribution is 0.0901. The molecule has 15 heavy (non-hydrogen) atoms. The number of nitrogens with one attached hydrogen (secondary N) is 1. The van der Waals surface area contributed by atoms with Gasteiger partial charge in [0.15, 0.2) is 0 Å². The lowest BCUT2D eigenvalue weighted by Crippen LogP contribution is -2.33. The normalized spacial score (nSPS) is 12.5. The van der Waals surface area contributed by atoms with E-state index in [9.17, 15) is 9.90 Å². The summed E-state index contributed by atoms with van der Waals surface area (Å²) in [6, 6.07) is 1.64. The third kappa shape index (κ3) is 3.36. The van der Waals surface area contributed by atoms with Gasteiger partial charge in [-0.1, -0.05) is 13.3 Å². The van der Waals surface area contributed by atoms with Crippen LogP contribution in [-0.2, 0) is 7.05 Å². The number of rotatable bonds is 5. The van der Waals surface area contributed by atoms with Crippen LogP contribution in [0.2, 0.25) is 0 Å². The minimum absolute atomic E-state index is 0.204. The summed E-state index contributed by atoms with van der Waals surface area (Å²) in [4.78, 5) is 11.6. The van der Waals surface area contributed by atoms with Crippen molar-refractivity contribution in [2.24, 2.45) is 7.05 Å². The van der Waals surface area contributed by atoms with Crippen LogP contribution < -0.4 is 5.32 Å². The first-order chi connectivity index (χ1) is 7.15. The molecule has 1 heterocycles. The van der Waals surface area contributed by atoms with E-state index in [0.29, 0.717) is 12.1 Å². The molecule has 0 saturated carbocycles. The highest BCUT2D eigenvalue weighted by Gasteiger charge is 2.10. The van der Waals surface area contributed by atoms with Crippen molar-refractivity contribution in [2.45, 2.75) is 25.9 Å². The van der Waals surface area contributed by atoms with E-state index in [1.807, 2.05) is 6.92 Å². The molecule has 5 nitrogen and oxygen atoms in total. The minimum atomic E-state index is -0.466. The summed E-state index contributed by atoms with van der Waals surface area (Å²) in [6.07, 6.45) is 2.71. The predicted octanol–water partition coefficient (Wildman–Crippen LogP) is 0.311. The zero-order valence-corrected chi connectivity index (χ0v) is 9.10. The fraction of sp³-hybridized carbons (Fsp3) is 0.600. The summed E-state index contributed by atoms with van der Waals surface area (Å²) in [6.45, 7) is 2.28. The molecule has 1 rings (SSSR count). The van der Waals surface area contributed by atoms with Gasteiger partial charge in [0, 0.05) is 19.8 Å². The molecule has 84 valence electrons. The van der Waals surface area contributed by atoms with Gasteiger partial charge in [0.05, 0.1) is 6.10 Å². The Hall–Kier alpha value is -1.36. The molecule has 0 aliphatic rings. The second kappa shape index (κ2) is 5.50. The molecule has 0 aliphatic heterocycles. The van der Waals surface area contributed by atoms with Crippen molar-refractivity contribution in [2.75, 3.05) is 6.54 Å². The molecular formula is C10H17N3O2. The molecule has 0 saturated heterocycles. The number of nitrogens with zero attached hydrogens (tertiary/aromatic N) is 2. The van der Waals surface area contributed by atoms with Crippen molar-refractivity contribution in [1.29, 1.82) is 0 Å². The van der Waals surface area contributed by atoms with Crippen molar-refractivity contribution in [3.63, 3.8) is 0 Å². The number of carbonyl (C=O) groups excluding carboxylic acids is 1. The first kappa shape index (κ1) is 11.7. The smallest absolute Gasteiger partial charge is 0.269 e. The van der Waals surface area contributed by atoms with E-state index in [0.717, 1.165) is 6.42 Å². The fourth-order valence-corrected chi connectivity index (χ4v) is 1.33. The fourth-order valence-electron chi connectivity index (χ4n) is 1.33. The van der Waals surface area contributed by atoms with Crippen LogP contribution in [0.5, 0.6) is 0 Å². The Labute approximate surface area is 89.1 Å². The molecule has 1 amide bonds. The summed E-state index contributed by atoms with van der Waals surface area (Å²) in [5.74, 6) is -0.204. The van der Waals surface area contributed by atoms with Crippen molar-refractivity contribution < 1.29 is 9.90 Å². The van der Waals surface area contributed by atoms with E-state index in [-0.39, 0.29) is 12.5 Å². The Morgan fingerprint density at radius 1 is 1.73 bits per heavy atom. The van der Waals surface area contributed by atoms with Crippen molar-refractivity contribution in [3.05, 3.63) is 18.0 Å². The SMILES string of the molecule is CCCC(O)CNC(=O)c1ccnn1C. The van der Waals surface area contributed by atoms with E-state index >= 15 is 0 Å². The average molecular weight is 211 g/mol. The predicted molar refractivity (Wildman–Crippen MR) is 56.5 cm³/mol. The van der Waals surface area contributed by atoms with Crippen molar-refractivity contribution in [1.82, 2.24) is 15.1 Å². The maximum absolute atomic E-state index is 11.6. The first-order valence-corrected chi connectivity index (χ1v) is 5.09. The maximum Gasteiger partial charge on any atom is 0.269 e. The van der Waals surface area contributed by atoms with E-state index in [1.165, 1.54) is 4.68 Å². The Morgan fingerprint density at radius 2 is 2.47 bits per heavy atom. The first-order valence-electron chi connectivity index (χ1n) is 5.09. The van der Waals surface area contributed by atoms with Crippen LogP contribution in [-0.4, -0.2) is 33.4 Å². The van der Waals surface area contributed by atoms with Gasteiger partial charge in [0.1, 0.15) is 5.69 Å². The second-order valence-electron chi connectivity index (χ2n) is 3.49. The largest absolute Gasteiger partial charge is 0.391 e. The molecule has 1 aromatic rings. The number of aliphatic hydroxyl groups excluding tert-OH is 1. The van der Waals surface area contributed by atoms with Gasteiger partial charge in [-0.25, -0.2) is 0 Å². The average Bonchev–Trinajstić information content (AvgIpc) is 2.61. The van der Waals surface area contributed by atoms with E-state index in [2.05, 4.69) is 10.4 Å². The van der Waals surface area contributed by atoms with Crippen LogP contribution in [0.15, 0.2) is 12.3 Å². The highest BCUT2D eigenvalue weighted by molar-refractivity contribution is 5.92. The molecular weight excluding hydrogens is 194 g/mol. The van der Waals surface area contributed by atoms with Crippen molar-refractivity contribution >= 4 is 5.91 Å². The van der Waals surface area contributed by atoms with Gasteiger partial charge in [-0.15, -0.1) is 0 Å². The van der Waals surface area contributed by atoms with Gasteiger partial charge in [-0.3, -0.25) is 9.48 Å². The van der Waals surface area contributed by atoms with E-state index < -0.39 is 6.10 Å². The molecule has 0 aliphatic carbocycles. The Balaban J connectivity index is 2.40. The molecule has 1 atom stereocenters. The van der Waals surface area contributed by atoms with Crippen LogP contribution in [0.3, 0.4) is 0 Å². The summed E-state index contributed by atoms with van der Waals surface area (Å²) in [5.41, 5.74) is 0.499. The summed E-state index contributed by atoms with van der Waals surface area (Å²) >= 11 is 0. The number of aryl methyl sites for hydroxylation is 1. The van der Waals surface area contributed by atoms with Crippen LogP contribution >= 0.6 is 0 Å². The van der Waals surface area contributed by atoms with Crippen molar-refractivity contribution in [3.8, 4) is 0 Å². The Kier molecular flexibility index (Phi) is 4.30. The van der Waals surface area contributed by atoms with E-state index in [4.69, 9.17) is 0 Å². The van der Waals surface area contributed by atoms with Crippen LogP contribution in [0.1, 0.15) is 30.3 Å². The number of aromatic nitrogens is 2. The quantitative estimate of drug-likeness (QED) is 0.736. The topological polar surface area (TPSA) is 67.2 Å². The molecule has 0 bridgehead atoms. The molecule has 0 aromatic carbocycles. The lowest BCUT2D eigenvalue weighted by atomic mass is 10.2. The zero-order chi connectivity index (χ0) is 11.3. The van der Waals surface area contributed by atoms with Crippen LogP contribution in [0.25, 0.3) is 0 Å². The monoisotopic (exact) mass is 211 g/mol. The van der Waals surface area contributed by atoms with Crippen LogP contribution in [0, 0.1) is 0 Å². The number of amides is 1. The number of aliphatic hydroxyl groups is 1. The van der Waals surface area contributed by atoms with Gasteiger partial charge < -0.3 is 10.4 Å². The standard InChI is InChI=1S/C10H17N3O2/c1-3-4-8(14)7-11-10(15)9-5-6-12-13(9)2/h5-6,8,14H,3-4,7H2,1-2H3,(H,11,15). The molecule has 0 radical (unpaired) electrons. The van der Waals surface area contributed by atoms with Gasteiger partial charge in [0.25, 0.3) is 5.91 Å². The van der Waals surface area contributed by atoms with Crippen LogP contribution in [0.4, 0.5) is 0 Å². The molecule has 0 fully saturated rings. The van der Waals surface area contributed by atoms with Gasteiger partial charge in [0.2, 0.25) is 0 Å². The Morgan fingerprint density at radius 3 is 3.00 bits per heavy atom. The number of hydrogen-bond acceptors (Lipinski definition) is 3. The molecule has 5 heteroatoms. The van der Waals surface area contributed by atoms with E-state index in [1.54, 1.807) is 19.3 Å². The second-order valence-corrected chi connectivity index (χ2v) is 3.49. The molecule has 1 aromatic heterocycles. The molecule has 0 spiro atoms. The lowest BCUT2D eigenvalue weighted by Gasteiger charge is -2.10. The third-order valence-electron chi connectivity index (χ3n) is 2.17. The Bertz CT molecular complexity index is 322. The summed E-state index contributed by atoms with van der Waals surface area (Å²) in [7, 11) is 1.71. The highest BCUT2D eigenvalue weighted by Crippen LogP contribution is 1.97. The van der Waals surface area contributed by atoms with Gasteiger partial charge in [-0.2, -0.15) is 5.10 Å². The summed E-state index contributed by atoms with van der Waals surface area (Å²) < 4.78 is 1.50. The zero-order valence-electron chi connectivity index (χ0n) is 9.10. The number of carbonyl (C=O) groups is 1. The molecule has 1 unspecified atom stereocenters. The van der Waals surface area contributed by atoms with Gasteiger partial charge in [-0.05, 0) is 12.5 Å². The highest BCUT2D eigenvalue weighted by atomic mass is 16.3. The minimum Gasteiger partial charge on any atom is -0.391 e. The van der Waals surface area contributed by atoms with Gasteiger partial charge >= 0.3 is 0 Å². The number of hydrogen-bond donors (Lipinski definition) is 2. The maximum atomic E-state index is 11.6. The third-order valence-corrected chi connectivity index (χ3v) is 2.17. The summed E-state index contributed by atoms with van der Waals surface area (Å²) in [5, 5.41) is 16.0.